The summed E-state index contributed by atoms with van der Waals surface area (Å²) in [6, 6.07) is 6.21. The average Bonchev–Trinajstić information content (AvgIpc) is 3.17. The third kappa shape index (κ3) is 3.35. The zero-order chi connectivity index (χ0) is 13.9. The first-order chi connectivity index (χ1) is 9.72. The molecule has 20 heavy (non-hydrogen) atoms. The minimum atomic E-state index is -0.389. The van der Waals surface area contributed by atoms with E-state index in [1.807, 2.05) is 18.2 Å². The fourth-order valence-corrected chi connectivity index (χ4v) is 2.32. The molecule has 2 N–H and O–H groups in total. The highest BCUT2D eigenvalue weighted by molar-refractivity contribution is 6.31. The van der Waals surface area contributed by atoms with Gasteiger partial charge in [0.15, 0.2) is 6.10 Å². The summed E-state index contributed by atoms with van der Waals surface area (Å²) in [6.07, 6.45) is 1.82. The van der Waals surface area contributed by atoms with E-state index in [1.54, 1.807) is 0 Å². The molecule has 2 aliphatic rings. The van der Waals surface area contributed by atoms with Gasteiger partial charge in [-0.05, 0) is 25.0 Å². The quantitative estimate of drug-likeness (QED) is 0.844. The van der Waals surface area contributed by atoms with E-state index in [1.165, 1.54) is 12.8 Å². The van der Waals surface area contributed by atoms with Crippen LogP contribution in [0.15, 0.2) is 18.2 Å². The van der Waals surface area contributed by atoms with Crippen LogP contribution in [0.3, 0.4) is 0 Å². The van der Waals surface area contributed by atoms with Gasteiger partial charge in [-0.15, -0.1) is 0 Å². The minimum Gasteiger partial charge on any atom is -0.489 e. The van der Waals surface area contributed by atoms with Gasteiger partial charge >= 0.3 is 6.09 Å². The number of nitrogens with one attached hydrogen (secondary N) is 2. The molecule has 0 spiro atoms. The number of carbonyl (C=O) groups is 1. The highest BCUT2D eigenvalue weighted by Gasteiger charge is 2.24. The van der Waals surface area contributed by atoms with E-state index in [0.29, 0.717) is 30.8 Å². The van der Waals surface area contributed by atoms with Gasteiger partial charge in [-0.25, -0.2) is 4.79 Å². The predicted molar refractivity (Wildman–Crippen MR) is 75.1 cm³/mol. The lowest BCUT2D eigenvalue weighted by atomic mass is 10.2. The Hall–Kier alpha value is -1.46. The zero-order valence-corrected chi connectivity index (χ0v) is 11.8. The number of hydrogen-bond acceptors (Lipinski definition) is 4. The maximum Gasteiger partial charge on any atom is 0.407 e. The van der Waals surface area contributed by atoms with Crippen LogP contribution in [0.25, 0.3) is 0 Å². The summed E-state index contributed by atoms with van der Waals surface area (Å²) in [6.45, 7) is 1.51. The van der Waals surface area contributed by atoms with Gasteiger partial charge < -0.3 is 20.1 Å². The normalized spacial score (nSPS) is 21.4. The Bertz CT molecular complexity index is 505. The molecule has 1 aliphatic carbocycles. The maximum absolute atomic E-state index is 11.0. The molecule has 1 amide bonds. The van der Waals surface area contributed by atoms with Crippen LogP contribution in [-0.2, 0) is 11.3 Å². The number of hydrogen-bond donors (Lipinski definition) is 2. The van der Waals surface area contributed by atoms with Crippen molar-refractivity contribution < 1.29 is 14.3 Å². The Morgan fingerprint density at radius 3 is 3.00 bits per heavy atom. The van der Waals surface area contributed by atoms with Crippen LogP contribution >= 0.6 is 11.6 Å². The van der Waals surface area contributed by atoms with Gasteiger partial charge in [-0.1, -0.05) is 17.7 Å². The number of amides is 1. The van der Waals surface area contributed by atoms with E-state index >= 15 is 0 Å². The lowest BCUT2D eigenvalue weighted by Crippen LogP contribution is -2.23. The number of cyclic esters (lactones) is 1. The lowest BCUT2D eigenvalue weighted by molar-refractivity contribution is 0.104. The van der Waals surface area contributed by atoms with Crippen molar-refractivity contribution in [3.05, 3.63) is 28.8 Å². The molecular formula is C14H17ClN2O3. The number of benzene rings is 1. The third-order valence-corrected chi connectivity index (χ3v) is 3.75. The number of alkyl carbamates (subject to hydrolysis) is 1. The van der Waals surface area contributed by atoms with Crippen LogP contribution in [0.4, 0.5) is 4.79 Å². The van der Waals surface area contributed by atoms with Crippen LogP contribution in [0.5, 0.6) is 5.75 Å². The largest absolute Gasteiger partial charge is 0.489 e. The summed E-state index contributed by atoms with van der Waals surface area (Å²) in [4.78, 5) is 11.0. The summed E-state index contributed by atoms with van der Waals surface area (Å²) in [5.41, 5.74) is 0.957. The Balaban J connectivity index is 1.61. The van der Waals surface area contributed by atoms with Crippen molar-refractivity contribution in [1.82, 2.24) is 10.6 Å². The van der Waals surface area contributed by atoms with Crippen LogP contribution in [0, 0.1) is 0 Å². The second-order valence-corrected chi connectivity index (χ2v) is 5.50. The molecule has 2 fully saturated rings. The third-order valence-electron chi connectivity index (χ3n) is 3.39. The van der Waals surface area contributed by atoms with E-state index in [0.717, 1.165) is 11.3 Å². The van der Waals surface area contributed by atoms with Crippen LogP contribution in [0.1, 0.15) is 18.4 Å². The van der Waals surface area contributed by atoms with E-state index in [-0.39, 0.29) is 12.2 Å². The Kier molecular flexibility index (Phi) is 3.98. The Labute approximate surface area is 122 Å². The SMILES string of the molecule is O=C1NCC(COc2cccc(Cl)c2CNC2CC2)O1. The van der Waals surface area contributed by atoms with Crippen molar-refractivity contribution in [3.8, 4) is 5.75 Å². The summed E-state index contributed by atoms with van der Waals surface area (Å²) in [7, 11) is 0. The second kappa shape index (κ2) is 5.89. The molecule has 5 nitrogen and oxygen atoms in total. The molecule has 6 heteroatoms. The molecule has 1 aromatic rings. The zero-order valence-electron chi connectivity index (χ0n) is 11.0. The molecule has 1 saturated heterocycles. The van der Waals surface area contributed by atoms with Crippen molar-refractivity contribution in [2.75, 3.05) is 13.2 Å². The molecule has 1 aromatic carbocycles. The average molecular weight is 297 g/mol. The van der Waals surface area contributed by atoms with Gasteiger partial charge in [0.25, 0.3) is 0 Å². The van der Waals surface area contributed by atoms with Gasteiger partial charge in [0.05, 0.1) is 6.54 Å². The molecule has 3 rings (SSSR count). The minimum absolute atomic E-state index is 0.245. The number of rotatable bonds is 6. The van der Waals surface area contributed by atoms with E-state index in [2.05, 4.69) is 10.6 Å². The van der Waals surface area contributed by atoms with Gasteiger partial charge in [0, 0.05) is 23.2 Å². The topological polar surface area (TPSA) is 59.6 Å². The second-order valence-electron chi connectivity index (χ2n) is 5.09. The van der Waals surface area contributed by atoms with Gasteiger partial charge in [0.1, 0.15) is 12.4 Å². The summed E-state index contributed by atoms with van der Waals surface area (Å²) in [5, 5.41) is 6.72. The first-order valence-electron chi connectivity index (χ1n) is 6.80. The number of halogens is 1. The van der Waals surface area contributed by atoms with Gasteiger partial charge in [0.2, 0.25) is 0 Å². The van der Waals surface area contributed by atoms with Crippen molar-refractivity contribution >= 4 is 17.7 Å². The molecule has 1 aliphatic heterocycles. The predicted octanol–water partition coefficient (Wildman–Crippen LogP) is 2.08. The smallest absolute Gasteiger partial charge is 0.407 e. The molecular weight excluding hydrogens is 280 g/mol. The highest BCUT2D eigenvalue weighted by Crippen LogP contribution is 2.28. The molecule has 108 valence electrons. The first-order valence-corrected chi connectivity index (χ1v) is 7.18. The van der Waals surface area contributed by atoms with Crippen molar-refractivity contribution in [2.45, 2.75) is 31.5 Å². The fourth-order valence-electron chi connectivity index (χ4n) is 2.09. The molecule has 1 heterocycles. The van der Waals surface area contributed by atoms with Crippen molar-refractivity contribution in [1.29, 1.82) is 0 Å². The van der Waals surface area contributed by atoms with Crippen molar-refractivity contribution in [2.24, 2.45) is 0 Å². The monoisotopic (exact) mass is 296 g/mol. The van der Waals surface area contributed by atoms with Crippen LogP contribution < -0.4 is 15.4 Å². The fraction of sp³-hybridized carbons (Fsp3) is 0.500. The number of ether oxygens (including phenoxy) is 2. The molecule has 0 bridgehead atoms. The van der Waals surface area contributed by atoms with E-state index in [9.17, 15) is 4.79 Å². The summed E-state index contributed by atoms with van der Waals surface area (Å²) in [5.74, 6) is 0.744. The van der Waals surface area contributed by atoms with Gasteiger partial charge in [-0.3, -0.25) is 0 Å². The highest BCUT2D eigenvalue weighted by atomic mass is 35.5. The lowest BCUT2D eigenvalue weighted by Gasteiger charge is -2.15. The Morgan fingerprint density at radius 1 is 1.45 bits per heavy atom. The molecule has 1 saturated carbocycles. The standard InChI is InChI=1S/C14H17ClN2O3/c15-12-2-1-3-13(11(12)7-16-9-4-5-9)19-8-10-6-17-14(18)20-10/h1-3,9-10,16H,4-8H2,(H,17,18). The summed E-state index contributed by atoms with van der Waals surface area (Å²) >= 11 is 6.23. The molecule has 0 radical (unpaired) electrons. The number of carbonyl (C=O) groups excluding carboxylic acids is 1. The molecule has 1 unspecified atom stereocenters. The van der Waals surface area contributed by atoms with Crippen LogP contribution in [-0.4, -0.2) is 31.4 Å². The first kappa shape index (κ1) is 13.5. The van der Waals surface area contributed by atoms with E-state index in [4.69, 9.17) is 21.1 Å². The molecule has 0 aromatic heterocycles. The Morgan fingerprint density at radius 2 is 2.30 bits per heavy atom. The maximum atomic E-state index is 11.0. The van der Waals surface area contributed by atoms with Crippen molar-refractivity contribution in [3.63, 3.8) is 0 Å². The van der Waals surface area contributed by atoms with Gasteiger partial charge in [-0.2, -0.15) is 0 Å². The van der Waals surface area contributed by atoms with Crippen LogP contribution in [0.2, 0.25) is 5.02 Å². The summed E-state index contributed by atoms with van der Waals surface area (Å²) < 4.78 is 10.8. The van der Waals surface area contributed by atoms with E-state index < -0.39 is 0 Å². The molecule has 1 atom stereocenters.